The fourth-order valence-electron chi connectivity index (χ4n) is 3.19. The zero-order chi connectivity index (χ0) is 13.5. The molecule has 2 saturated heterocycles. The summed E-state index contributed by atoms with van der Waals surface area (Å²) in [5, 5.41) is 14.4. The number of ether oxygens (including phenoxy) is 2. The Kier molecular flexibility index (Phi) is 3.20. The van der Waals surface area contributed by atoms with Crippen LogP contribution >= 0.6 is 0 Å². The molecule has 1 aromatic rings. The minimum Gasteiger partial charge on any atom is -0.496 e. The number of aliphatic hydroxyl groups is 1. The number of halogens is 1. The Morgan fingerprint density at radius 2 is 2.05 bits per heavy atom. The molecular weight excluding hydrogens is 249 g/mol. The van der Waals surface area contributed by atoms with Gasteiger partial charge in [0.1, 0.15) is 11.6 Å². The van der Waals surface area contributed by atoms with E-state index in [2.05, 4.69) is 5.32 Å². The lowest BCUT2D eigenvalue weighted by atomic mass is 9.78. The van der Waals surface area contributed by atoms with Gasteiger partial charge in [0.2, 0.25) is 0 Å². The van der Waals surface area contributed by atoms with Crippen molar-refractivity contribution in [2.45, 2.75) is 30.5 Å². The maximum Gasteiger partial charge on any atom is 0.127 e. The second-order valence-electron chi connectivity index (χ2n) is 5.38. The van der Waals surface area contributed by atoms with Gasteiger partial charge < -0.3 is 19.9 Å². The van der Waals surface area contributed by atoms with Crippen LogP contribution in [-0.2, 0) is 10.3 Å². The average molecular weight is 267 g/mol. The smallest absolute Gasteiger partial charge is 0.127 e. The van der Waals surface area contributed by atoms with Crippen LogP contribution in [-0.4, -0.2) is 37.5 Å². The fourth-order valence-corrected chi connectivity index (χ4v) is 3.19. The van der Waals surface area contributed by atoms with Gasteiger partial charge in [-0.2, -0.15) is 0 Å². The molecule has 1 aromatic carbocycles. The van der Waals surface area contributed by atoms with E-state index in [1.807, 2.05) is 0 Å². The Hall–Kier alpha value is -1.17. The average Bonchev–Trinajstić information content (AvgIpc) is 2.37. The maximum atomic E-state index is 13.3. The van der Waals surface area contributed by atoms with E-state index in [0.29, 0.717) is 37.4 Å². The molecule has 0 aliphatic carbocycles. The van der Waals surface area contributed by atoms with Crippen LogP contribution in [0.5, 0.6) is 5.75 Å². The maximum absolute atomic E-state index is 13.3. The molecule has 3 rings (SSSR count). The van der Waals surface area contributed by atoms with Gasteiger partial charge in [-0.15, -0.1) is 0 Å². The molecular formula is C14H18FNO3. The van der Waals surface area contributed by atoms with Gasteiger partial charge >= 0.3 is 0 Å². The number of morpholine rings is 1. The van der Waals surface area contributed by atoms with Crippen molar-refractivity contribution in [3.8, 4) is 5.75 Å². The Bertz CT molecular complexity index is 468. The summed E-state index contributed by atoms with van der Waals surface area (Å²) >= 11 is 0. The number of hydrogen-bond donors (Lipinski definition) is 2. The molecule has 0 amide bonds. The summed E-state index contributed by atoms with van der Waals surface area (Å²) in [5.74, 6) is 0.0463. The van der Waals surface area contributed by atoms with Crippen molar-refractivity contribution in [1.29, 1.82) is 0 Å². The van der Waals surface area contributed by atoms with Gasteiger partial charge in [-0.3, -0.25) is 0 Å². The first-order chi connectivity index (χ1) is 9.10. The van der Waals surface area contributed by atoms with Crippen LogP contribution in [0.3, 0.4) is 0 Å². The molecule has 2 N–H and O–H groups in total. The van der Waals surface area contributed by atoms with Crippen molar-refractivity contribution in [3.63, 3.8) is 0 Å². The largest absolute Gasteiger partial charge is 0.496 e. The van der Waals surface area contributed by atoms with Gasteiger partial charge in [-0.1, -0.05) is 0 Å². The summed E-state index contributed by atoms with van der Waals surface area (Å²) in [6, 6.07) is 4.57. The van der Waals surface area contributed by atoms with Crippen molar-refractivity contribution in [3.05, 3.63) is 29.6 Å². The lowest BCUT2D eigenvalue weighted by Crippen LogP contribution is -2.58. The third-order valence-corrected chi connectivity index (χ3v) is 3.94. The highest BCUT2D eigenvalue weighted by Crippen LogP contribution is 2.40. The van der Waals surface area contributed by atoms with E-state index >= 15 is 0 Å². The number of fused-ring (bicyclic) bond motifs is 2. The molecule has 5 heteroatoms. The molecule has 19 heavy (non-hydrogen) atoms. The monoisotopic (exact) mass is 267 g/mol. The minimum atomic E-state index is -0.983. The van der Waals surface area contributed by atoms with E-state index in [1.54, 1.807) is 6.07 Å². The summed E-state index contributed by atoms with van der Waals surface area (Å²) in [6.45, 7) is 1.20. The predicted molar refractivity (Wildman–Crippen MR) is 67.6 cm³/mol. The van der Waals surface area contributed by atoms with Gasteiger partial charge in [0.15, 0.2) is 0 Å². The minimum absolute atomic E-state index is 0.132. The Balaban J connectivity index is 1.96. The molecule has 0 radical (unpaired) electrons. The summed E-state index contributed by atoms with van der Waals surface area (Å²) < 4.78 is 24.0. The third kappa shape index (κ3) is 2.33. The molecule has 2 bridgehead atoms. The summed E-state index contributed by atoms with van der Waals surface area (Å²) in [5.41, 5.74) is -0.321. The zero-order valence-corrected chi connectivity index (χ0v) is 10.9. The molecule has 2 aliphatic heterocycles. The van der Waals surface area contributed by atoms with E-state index in [4.69, 9.17) is 9.47 Å². The Labute approximate surface area is 111 Å². The number of hydrogen-bond acceptors (Lipinski definition) is 4. The first-order valence-corrected chi connectivity index (χ1v) is 6.51. The number of benzene rings is 1. The summed E-state index contributed by atoms with van der Waals surface area (Å²) in [4.78, 5) is 0. The first-order valence-electron chi connectivity index (χ1n) is 6.51. The molecule has 2 heterocycles. The van der Waals surface area contributed by atoms with Gasteiger partial charge in [0, 0.05) is 23.7 Å². The van der Waals surface area contributed by atoms with E-state index in [0.717, 1.165) is 0 Å². The summed E-state index contributed by atoms with van der Waals surface area (Å²) in [6.07, 6.45) is 1.09. The molecule has 0 spiro atoms. The first kappa shape index (κ1) is 12.8. The van der Waals surface area contributed by atoms with Crippen LogP contribution in [0.15, 0.2) is 18.2 Å². The van der Waals surface area contributed by atoms with Crippen molar-refractivity contribution in [2.24, 2.45) is 0 Å². The quantitative estimate of drug-likeness (QED) is 0.844. The van der Waals surface area contributed by atoms with Gasteiger partial charge in [-0.05, 0) is 25.0 Å². The van der Waals surface area contributed by atoms with Gasteiger partial charge in [0.05, 0.1) is 25.9 Å². The Morgan fingerprint density at radius 1 is 1.37 bits per heavy atom. The number of methoxy groups -OCH3 is 1. The molecule has 0 saturated carbocycles. The van der Waals surface area contributed by atoms with Crippen LogP contribution in [0, 0.1) is 5.82 Å². The fraction of sp³-hybridized carbons (Fsp3) is 0.571. The number of piperidine rings is 1. The molecule has 2 unspecified atom stereocenters. The van der Waals surface area contributed by atoms with Crippen molar-refractivity contribution in [2.75, 3.05) is 20.3 Å². The van der Waals surface area contributed by atoms with E-state index in [1.165, 1.54) is 19.2 Å². The molecule has 104 valence electrons. The van der Waals surface area contributed by atoms with Crippen molar-refractivity contribution in [1.82, 2.24) is 5.32 Å². The zero-order valence-electron chi connectivity index (χ0n) is 10.9. The third-order valence-electron chi connectivity index (χ3n) is 3.94. The van der Waals surface area contributed by atoms with Crippen LogP contribution in [0.1, 0.15) is 18.4 Å². The molecule has 0 aromatic heterocycles. The highest BCUT2D eigenvalue weighted by molar-refractivity contribution is 5.39. The molecule has 2 fully saturated rings. The topological polar surface area (TPSA) is 50.7 Å². The molecule has 2 atom stereocenters. The van der Waals surface area contributed by atoms with Crippen LogP contribution in [0.25, 0.3) is 0 Å². The highest BCUT2D eigenvalue weighted by Gasteiger charge is 2.43. The normalized spacial score (nSPS) is 34.1. The molecule has 2 aliphatic rings. The SMILES string of the molecule is COc1cc(F)ccc1C1(O)CC2COCC(C1)N2. The summed E-state index contributed by atoms with van der Waals surface area (Å²) in [7, 11) is 1.49. The lowest BCUT2D eigenvalue weighted by molar-refractivity contribution is -0.0810. The van der Waals surface area contributed by atoms with Crippen LogP contribution in [0.2, 0.25) is 0 Å². The Morgan fingerprint density at radius 3 is 2.68 bits per heavy atom. The van der Waals surface area contributed by atoms with E-state index in [9.17, 15) is 9.50 Å². The molecule has 4 nitrogen and oxygen atoms in total. The second kappa shape index (κ2) is 4.74. The second-order valence-corrected chi connectivity index (χ2v) is 5.38. The standard InChI is InChI=1S/C14H18FNO3/c1-18-13-4-9(15)2-3-12(13)14(17)5-10-7-19-8-11(6-14)16-10/h2-4,10-11,16-17H,5-8H2,1H3. The van der Waals surface area contributed by atoms with E-state index < -0.39 is 5.60 Å². The number of rotatable bonds is 2. The number of nitrogens with one attached hydrogen (secondary N) is 1. The van der Waals surface area contributed by atoms with Crippen molar-refractivity contribution >= 4 is 0 Å². The lowest BCUT2D eigenvalue weighted by Gasteiger charge is -2.45. The van der Waals surface area contributed by atoms with E-state index in [-0.39, 0.29) is 17.9 Å². The van der Waals surface area contributed by atoms with Crippen molar-refractivity contribution < 1.29 is 19.0 Å². The van der Waals surface area contributed by atoms with Crippen LogP contribution in [0.4, 0.5) is 4.39 Å². The van der Waals surface area contributed by atoms with Crippen LogP contribution < -0.4 is 10.1 Å². The highest BCUT2D eigenvalue weighted by atomic mass is 19.1. The predicted octanol–water partition coefficient (Wildman–Crippen LogP) is 1.17. The van der Waals surface area contributed by atoms with Gasteiger partial charge in [-0.25, -0.2) is 4.39 Å². The van der Waals surface area contributed by atoms with Gasteiger partial charge in [0.25, 0.3) is 0 Å².